The van der Waals surface area contributed by atoms with Crippen molar-refractivity contribution in [1.29, 1.82) is 0 Å². The van der Waals surface area contributed by atoms with E-state index in [1.807, 2.05) is 0 Å². The monoisotopic (exact) mass is 975 g/mol. The molecule has 1 aromatic carbocycles. The van der Waals surface area contributed by atoms with Gasteiger partial charge >= 0.3 is 23.1 Å². The van der Waals surface area contributed by atoms with Crippen LogP contribution in [0.3, 0.4) is 0 Å². The van der Waals surface area contributed by atoms with Crippen molar-refractivity contribution in [2.45, 2.75) is 113 Å². The van der Waals surface area contributed by atoms with Crippen LogP contribution < -0.4 is 16.0 Å². The highest BCUT2D eigenvalue weighted by Gasteiger charge is 2.51. The number of imide groups is 1. The van der Waals surface area contributed by atoms with Gasteiger partial charge in [0.1, 0.15) is 15.1 Å². The van der Waals surface area contributed by atoms with Crippen LogP contribution in [0.15, 0.2) is 56.3 Å². The summed E-state index contributed by atoms with van der Waals surface area (Å²) in [4.78, 5) is 82.7. The largest absolute Gasteiger partial charge is 0.529 e. The van der Waals surface area contributed by atoms with E-state index in [9.17, 15) is 54.7 Å². The second-order valence-electron chi connectivity index (χ2n) is 16.5. The summed E-state index contributed by atoms with van der Waals surface area (Å²) in [5.41, 5.74) is 3.42. The van der Waals surface area contributed by atoms with E-state index in [0.29, 0.717) is 68.7 Å². The minimum atomic E-state index is -4.99. The number of rotatable bonds is 8. The zero-order chi connectivity index (χ0) is 48.2. The molecule has 1 saturated heterocycles. The number of hydrogen-bond acceptors (Lipinski definition) is 13. The number of benzene rings is 1. The Hall–Kier alpha value is -5.76. The lowest BCUT2D eigenvalue weighted by Gasteiger charge is -2.49. The van der Waals surface area contributed by atoms with Crippen molar-refractivity contribution < 1.29 is 68.2 Å². The molecule has 0 aliphatic carbocycles. The number of allylic oxidation sites excluding steroid dienone is 1. The fourth-order valence-corrected chi connectivity index (χ4v) is 12.1. The van der Waals surface area contributed by atoms with Gasteiger partial charge in [0.2, 0.25) is 17.7 Å². The van der Waals surface area contributed by atoms with Crippen molar-refractivity contribution >= 4 is 79.6 Å². The second kappa shape index (κ2) is 18.1. The van der Waals surface area contributed by atoms with Crippen LogP contribution in [0, 0.1) is 13.8 Å². The fourth-order valence-electron chi connectivity index (χ4n) is 9.17. The van der Waals surface area contributed by atoms with Gasteiger partial charge in [0, 0.05) is 60.1 Å². The van der Waals surface area contributed by atoms with Gasteiger partial charge in [-0.3, -0.25) is 33.1 Å². The number of carbonyl (C=O) groups excluding carboxylic acids is 6. The minimum absolute atomic E-state index is 0.0198. The molecule has 0 saturated carbocycles. The lowest BCUT2D eigenvalue weighted by Crippen LogP contribution is -2.57. The first-order valence-corrected chi connectivity index (χ1v) is 24.7. The van der Waals surface area contributed by atoms with Gasteiger partial charge in [0.15, 0.2) is 0 Å². The minimum Gasteiger partial charge on any atom is -0.464 e. The molecule has 7 heterocycles. The number of amides is 5. The number of nitrogens with one attached hydrogen (secondary N) is 3. The fraction of sp³-hybridized carbons (Fsp3) is 0.415. The molecule has 2 unspecified atom stereocenters. The third-order valence-electron chi connectivity index (χ3n) is 12.4. The van der Waals surface area contributed by atoms with Crippen molar-refractivity contribution in [1.82, 2.24) is 30.3 Å². The summed E-state index contributed by atoms with van der Waals surface area (Å²) in [5, 5.41) is 8.34. The molecule has 0 radical (unpaired) electrons. The number of hydrogen-bond donors (Lipinski definition) is 5. The van der Waals surface area contributed by atoms with E-state index in [1.54, 1.807) is 32.9 Å². The Morgan fingerprint density at radius 1 is 0.909 bits per heavy atom. The molecule has 66 heavy (non-hydrogen) atoms. The molecule has 1 fully saturated rings. The van der Waals surface area contributed by atoms with Crippen molar-refractivity contribution in [2.75, 3.05) is 6.54 Å². The topological polar surface area (TPSA) is 268 Å². The first kappa shape index (κ1) is 48.2. The van der Waals surface area contributed by atoms with E-state index >= 15 is 8.63 Å². The van der Waals surface area contributed by atoms with Gasteiger partial charge < -0.3 is 38.7 Å². The van der Waals surface area contributed by atoms with Crippen LogP contribution in [0.25, 0.3) is 5.57 Å². The van der Waals surface area contributed by atoms with Crippen molar-refractivity contribution in [3.8, 4) is 0 Å². The molecule has 2 aromatic heterocycles. The van der Waals surface area contributed by atoms with Gasteiger partial charge in [-0.05, 0) is 112 Å². The Kier molecular flexibility index (Phi) is 13.2. The summed E-state index contributed by atoms with van der Waals surface area (Å²) in [6, 6.07) is 4.34. The Labute approximate surface area is 382 Å². The average Bonchev–Trinajstić information content (AvgIpc) is 3.96. The molecule has 0 spiro atoms. The molecule has 3 aromatic rings. The highest BCUT2D eigenvalue weighted by Crippen LogP contribution is 2.51. The number of thiophene rings is 1. The quantitative estimate of drug-likeness (QED) is 0.122. The molecule has 5 aliphatic heterocycles. The molecule has 5 amide bonds. The van der Waals surface area contributed by atoms with Gasteiger partial charge in [0.25, 0.3) is 21.9 Å². The predicted octanol–water partition coefficient (Wildman–Crippen LogP) is 3.71. The summed E-state index contributed by atoms with van der Waals surface area (Å²) >= 11 is 0.301. The number of carbonyl (C=O) groups is 6. The molecule has 6 bridgehead atoms. The third kappa shape index (κ3) is 9.17. The lowest BCUT2D eigenvalue weighted by molar-refractivity contribution is -0.172. The van der Waals surface area contributed by atoms with E-state index in [1.165, 1.54) is 19.1 Å². The maximum absolute atomic E-state index is 17.4. The highest BCUT2D eigenvalue weighted by molar-refractivity contribution is 7.88. The molecule has 354 valence electrons. The summed E-state index contributed by atoms with van der Waals surface area (Å²) in [6.45, 7) is 1.57. The van der Waals surface area contributed by atoms with Crippen LogP contribution in [0.2, 0.25) is 0 Å². The van der Waals surface area contributed by atoms with E-state index < -0.39 is 84.5 Å². The van der Waals surface area contributed by atoms with E-state index in [-0.39, 0.29) is 84.9 Å². The average molecular weight is 976 g/mol. The van der Waals surface area contributed by atoms with E-state index in [4.69, 9.17) is 4.84 Å². The van der Waals surface area contributed by atoms with Gasteiger partial charge in [-0.15, -0.1) is 16.4 Å². The molecule has 25 heteroatoms. The van der Waals surface area contributed by atoms with Crippen molar-refractivity contribution in [3.63, 3.8) is 0 Å². The summed E-state index contributed by atoms with van der Waals surface area (Å²) in [7, 11) is -9.87. The maximum atomic E-state index is 17.4. The van der Waals surface area contributed by atoms with Crippen molar-refractivity contribution in [2.24, 2.45) is 0 Å². The standard InChI is InChI=1S/C41H46BF2N6O13S3/c1-21-27-12-14-32(51)45-18-6-5-7-29(40(55)46-20-30-31(65(57,58)59)19-36(64-30)66(60,61)62)47-33(52)15-13-28-22(2)39-37(38(21)48(23(27)3)42(43,44)49(39)24(28)4)25-8-10-26(11-9-25)41(56)63-50-34(53)16-17-35(50)54/h8-11,19,23,29H,5-7,12-18,20H2,1-4H3,(H,45,51)(H,46,55)(H,47,52)(H,57,58,59)(H,60,61,62)/q-1. The zero-order valence-corrected chi connectivity index (χ0v) is 38.6. The highest BCUT2D eigenvalue weighted by atomic mass is 32.3. The summed E-state index contributed by atoms with van der Waals surface area (Å²) in [5.74, 6) is -4.10. The number of fused-ring (bicyclic) bond motifs is 12. The van der Waals surface area contributed by atoms with Crippen LogP contribution in [-0.4, -0.2) is 101 Å². The van der Waals surface area contributed by atoms with Crippen molar-refractivity contribution in [3.05, 3.63) is 85.7 Å². The van der Waals surface area contributed by atoms with Crippen LogP contribution in [0.4, 0.5) is 8.63 Å². The van der Waals surface area contributed by atoms with Crippen LogP contribution in [0.1, 0.15) is 109 Å². The Morgan fingerprint density at radius 2 is 1.56 bits per heavy atom. The Morgan fingerprint density at radius 3 is 2.20 bits per heavy atom. The van der Waals surface area contributed by atoms with E-state index in [2.05, 4.69) is 16.0 Å². The molecule has 19 nitrogen and oxygen atoms in total. The SMILES string of the molecule is CC1=C2CCC(=O)NCCCCC(C(=O)NCc3sc(S(=O)(=O)O)cc3S(=O)(=O)O)NC(=O)CCc3c(C)c4n(c3C)[B-](F)(F)N(C1=C4c1ccc(C(=O)ON3C(=O)CCC3=O)cc1)C2C. The molecule has 5 N–H and O–H groups in total. The number of hydroxylamine groups is 2. The third-order valence-corrected chi connectivity index (χ3v) is 15.9. The first-order valence-electron chi connectivity index (χ1n) is 21.0. The van der Waals surface area contributed by atoms with Crippen LogP contribution >= 0.6 is 11.3 Å². The molecular formula is C41H46BF2N6O13S3-. The number of halogens is 2. The van der Waals surface area contributed by atoms with Crippen LogP contribution in [0.5, 0.6) is 0 Å². The lowest BCUT2D eigenvalue weighted by atomic mass is 9.82. The molecule has 5 aliphatic rings. The number of aromatic nitrogens is 1. The van der Waals surface area contributed by atoms with Gasteiger partial charge in [-0.2, -0.15) is 16.8 Å². The normalized spacial score (nSPS) is 20.8. The van der Waals surface area contributed by atoms with E-state index in [0.717, 1.165) is 9.29 Å². The molecule has 2 atom stereocenters. The Bertz CT molecular complexity index is 2860. The number of nitrogens with zero attached hydrogens (tertiary/aromatic N) is 3. The zero-order valence-electron chi connectivity index (χ0n) is 36.1. The second-order valence-corrected chi connectivity index (χ2v) is 20.7. The van der Waals surface area contributed by atoms with Gasteiger partial charge in [-0.25, -0.2) is 4.79 Å². The smallest absolute Gasteiger partial charge is 0.464 e. The predicted molar refractivity (Wildman–Crippen MR) is 232 cm³/mol. The summed E-state index contributed by atoms with van der Waals surface area (Å²) in [6.07, 6.45) is 0.316. The molecule has 8 rings (SSSR count). The first-order chi connectivity index (χ1) is 30.9. The molecular weight excluding hydrogens is 929 g/mol. The maximum Gasteiger partial charge on any atom is 0.529 e. The van der Waals surface area contributed by atoms with Gasteiger partial charge in [0.05, 0.1) is 12.1 Å². The Balaban J connectivity index is 1.23. The summed E-state index contributed by atoms with van der Waals surface area (Å²) < 4.78 is 102. The van der Waals surface area contributed by atoms with Gasteiger partial charge in [-0.1, -0.05) is 12.1 Å². The van der Waals surface area contributed by atoms with Crippen LogP contribution in [-0.2, 0) is 62.0 Å².